The molecule has 4 nitrogen and oxygen atoms in total. The Hall–Kier alpha value is -2.07. The predicted octanol–water partition coefficient (Wildman–Crippen LogP) is 3.30. The minimum Gasteiger partial charge on any atom is -0.496 e. The second-order valence-electron chi connectivity index (χ2n) is 4.01. The van der Waals surface area contributed by atoms with E-state index in [4.69, 9.17) is 16.3 Å². The van der Waals surface area contributed by atoms with Gasteiger partial charge in [-0.2, -0.15) is 0 Å². The SMILES string of the molecule is COc1ccc(C)cc1C(=O)Nc1cnccc1Cl. The number of nitrogens with zero attached hydrogens (tertiary/aromatic N) is 1. The Morgan fingerprint density at radius 2 is 2.16 bits per heavy atom. The normalized spacial score (nSPS) is 10.1. The number of nitrogens with one attached hydrogen (secondary N) is 1. The smallest absolute Gasteiger partial charge is 0.259 e. The topological polar surface area (TPSA) is 51.2 Å². The Bertz CT molecular complexity index is 614. The molecular formula is C14H13ClN2O2. The molecule has 98 valence electrons. The maximum Gasteiger partial charge on any atom is 0.259 e. The molecular weight excluding hydrogens is 264 g/mol. The van der Waals surface area contributed by atoms with Crippen molar-refractivity contribution in [2.45, 2.75) is 6.92 Å². The van der Waals surface area contributed by atoms with Crippen LogP contribution < -0.4 is 10.1 Å². The van der Waals surface area contributed by atoms with E-state index in [9.17, 15) is 4.79 Å². The molecule has 2 rings (SSSR count). The number of ether oxygens (including phenoxy) is 1. The predicted molar refractivity (Wildman–Crippen MR) is 74.9 cm³/mol. The Labute approximate surface area is 116 Å². The summed E-state index contributed by atoms with van der Waals surface area (Å²) in [6.45, 7) is 1.91. The molecule has 19 heavy (non-hydrogen) atoms. The van der Waals surface area contributed by atoms with Gasteiger partial charge in [-0.05, 0) is 25.1 Å². The van der Waals surface area contributed by atoms with Crippen LogP contribution in [0.2, 0.25) is 5.02 Å². The van der Waals surface area contributed by atoms with Crippen LogP contribution in [0.5, 0.6) is 5.75 Å². The van der Waals surface area contributed by atoms with Gasteiger partial charge in [0.2, 0.25) is 0 Å². The third-order valence-corrected chi connectivity index (χ3v) is 2.95. The van der Waals surface area contributed by atoms with Crippen molar-refractivity contribution < 1.29 is 9.53 Å². The van der Waals surface area contributed by atoms with Crippen molar-refractivity contribution in [3.63, 3.8) is 0 Å². The molecule has 0 unspecified atom stereocenters. The molecule has 1 amide bonds. The molecule has 1 heterocycles. The maximum atomic E-state index is 12.2. The van der Waals surface area contributed by atoms with Crippen molar-refractivity contribution in [1.29, 1.82) is 0 Å². The van der Waals surface area contributed by atoms with Gasteiger partial charge in [-0.3, -0.25) is 9.78 Å². The molecule has 0 aliphatic rings. The van der Waals surface area contributed by atoms with Crippen molar-refractivity contribution in [3.05, 3.63) is 52.8 Å². The van der Waals surface area contributed by atoms with Crippen molar-refractivity contribution >= 4 is 23.2 Å². The minimum absolute atomic E-state index is 0.282. The van der Waals surface area contributed by atoms with Gasteiger partial charge in [0.1, 0.15) is 5.75 Å². The van der Waals surface area contributed by atoms with E-state index in [1.54, 1.807) is 24.4 Å². The quantitative estimate of drug-likeness (QED) is 0.936. The van der Waals surface area contributed by atoms with Gasteiger partial charge in [-0.1, -0.05) is 23.2 Å². The number of aromatic nitrogens is 1. The standard InChI is InChI=1S/C14H13ClN2O2/c1-9-3-4-13(19-2)10(7-9)14(18)17-12-8-16-6-5-11(12)15/h3-8H,1-2H3,(H,17,18). The van der Waals surface area contributed by atoms with E-state index >= 15 is 0 Å². The number of amides is 1. The summed E-state index contributed by atoms with van der Waals surface area (Å²) in [4.78, 5) is 16.1. The van der Waals surface area contributed by atoms with E-state index in [1.807, 2.05) is 13.0 Å². The number of hydrogen-bond acceptors (Lipinski definition) is 3. The third kappa shape index (κ3) is 3.03. The highest BCUT2D eigenvalue weighted by molar-refractivity contribution is 6.33. The molecule has 0 radical (unpaired) electrons. The molecule has 0 atom stereocenters. The molecule has 1 aromatic carbocycles. The molecule has 0 saturated carbocycles. The number of halogens is 1. The van der Waals surface area contributed by atoms with Crippen molar-refractivity contribution in [2.75, 3.05) is 12.4 Å². The Morgan fingerprint density at radius 3 is 2.84 bits per heavy atom. The summed E-state index contributed by atoms with van der Waals surface area (Å²) in [5, 5.41) is 3.15. The van der Waals surface area contributed by atoms with Crippen LogP contribution >= 0.6 is 11.6 Å². The van der Waals surface area contributed by atoms with E-state index in [1.165, 1.54) is 13.3 Å². The molecule has 2 aromatic rings. The van der Waals surface area contributed by atoms with E-state index in [-0.39, 0.29) is 5.91 Å². The first-order chi connectivity index (χ1) is 9.11. The molecule has 0 spiro atoms. The van der Waals surface area contributed by atoms with Gasteiger partial charge >= 0.3 is 0 Å². The van der Waals surface area contributed by atoms with Crippen LogP contribution in [0.3, 0.4) is 0 Å². The molecule has 5 heteroatoms. The monoisotopic (exact) mass is 276 g/mol. The van der Waals surface area contributed by atoms with Crippen molar-refractivity contribution in [1.82, 2.24) is 4.98 Å². The first-order valence-corrected chi connectivity index (χ1v) is 6.05. The first kappa shape index (κ1) is 13.4. The average molecular weight is 277 g/mol. The van der Waals surface area contributed by atoms with Gasteiger partial charge in [0, 0.05) is 6.20 Å². The largest absolute Gasteiger partial charge is 0.496 e. The second-order valence-corrected chi connectivity index (χ2v) is 4.42. The molecule has 0 fully saturated rings. The molecule has 1 aromatic heterocycles. The zero-order valence-electron chi connectivity index (χ0n) is 10.6. The zero-order valence-corrected chi connectivity index (χ0v) is 11.4. The fraction of sp³-hybridized carbons (Fsp3) is 0.143. The number of methoxy groups -OCH3 is 1. The summed E-state index contributed by atoms with van der Waals surface area (Å²) in [5.74, 6) is 0.235. The van der Waals surface area contributed by atoms with E-state index in [0.29, 0.717) is 22.0 Å². The van der Waals surface area contributed by atoms with Gasteiger partial charge in [0.05, 0.1) is 29.6 Å². The number of carbonyl (C=O) groups excluding carboxylic acids is 1. The summed E-state index contributed by atoms with van der Waals surface area (Å²) in [6.07, 6.45) is 3.06. The number of pyridine rings is 1. The molecule has 0 saturated heterocycles. The number of rotatable bonds is 3. The molecule has 0 bridgehead atoms. The van der Waals surface area contributed by atoms with Gasteiger partial charge in [-0.15, -0.1) is 0 Å². The average Bonchev–Trinajstić information content (AvgIpc) is 2.41. The van der Waals surface area contributed by atoms with Crippen molar-refractivity contribution in [3.8, 4) is 5.75 Å². The minimum atomic E-state index is -0.282. The van der Waals surface area contributed by atoms with E-state index in [2.05, 4.69) is 10.3 Å². The highest BCUT2D eigenvalue weighted by Gasteiger charge is 2.13. The van der Waals surface area contributed by atoms with Crippen molar-refractivity contribution in [2.24, 2.45) is 0 Å². The third-order valence-electron chi connectivity index (χ3n) is 2.62. The number of aryl methyl sites for hydroxylation is 1. The van der Waals surface area contributed by atoms with Crippen LogP contribution in [0.4, 0.5) is 5.69 Å². The van der Waals surface area contributed by atoms with E-state index < -0.39 is 0 Å². The lowest BCUT2D eigenvalue weighted by molar-refractivity contribution is 0.102. The Balaban J connectivity index is 2.30. The van der Waals surface area contributed by atoms with Crippen LogP contribution in [0.1, 0.15) is 15.9 Å². The highest BCUT2D eigenvalue weighted by atomic mass is 35.5. The zero-order chi connectivity index (χ0) is 13.8. The summed E-state index contributed by atoms with van der Waals surface area (Å²) >= 11 is 5.97. The van der Waals surface area contributed by atoms with Crippen LogP contribution in [-0.2, 0) is 0 Å². The molecule has 0 aliphatic carbocycles. The van der Waals surface area contributed by atoms with Crippen LogP contribution in [0.25, 0.3) is 0 Å². The van der Waals surface area contributed by atoms with Crippen LogP contribution in [0, 0.1) is 6.92 Å². The van der Waals surface area contributed by atoms with Crippen LogP contribution in [0.15, 0.2) is 36.7 Å². The fourth-order valence-corrected chi connectivity index (χ4v) is 1.81. The van der Waals surface area contributed by atoms with Gasteiger partial charge in [0.25, 0.3) is 5.91 Å². The van der Waals surface area contributed by atoms with Gasteiger partial charge < -0.3 is 10.1 Å². The lowest BCUT2D eigenvalue weighted by atomic mass is 10.1. The second kappa shape index (κ2) is 5.71. The lowest BCUT2D eigenvalue weighted by Crippen LogP contribution is -2.13. The van der Waals surface area contributed by atoms with Crippen LogP contribution in [-0.4, -0.2) is 18.0 Å². The molecule has 0 aliphatic heterocycles. The number of benzene rings is 1. The fourth-order valence-electron chi connectivity index (χ4n) is 1.66. The summed E-state index contributed by atoms with van der Waals surface area (Å²) in [5.41, 5.74) is 1.91. The maximum absolute atomic E-state index is 12.2. The number of hydrogen-bond donors (Lipinski definition) is 1. The van der Waals surface area contributed by atoms with Gasteiger partial charge in [0.15, 0.2) is 0 Å². The summed E-state index contributed by atoms with van der Waals surface area (Å²) < 4.78 is 5.18. The lowest BCUT2D eigenvalue weighted by Gasteiger charge is -2.10. The number of anilines is 1. The molecule has 1 N–H and O–H groups in total. The Morgan fingerprint density at radius 1 is 1.37 bits per heavy atom. The first-order valence-electron chi connectivity index (χ1n) is 5.67. The highest BCUT2D eigenvalue weighted by Crippen LogP contribution is 2.23. The van der Waals surface area contributed by atoms with E-state index in [0.717, 1.165) is 5.56 Å². The summed E-state index contributed by atoms with van der Waals surface area (Å²) in [7, 11) is 1.53. The number of carbonyl (C=O) groups is 1. The Kier molecular flexibility index (Phi) is 4.02. The van der Waals surface area contributed by atoms with Gasteiger partial charge in [-0.25, -0.2) is 0 Å². The summed E-state index contributed by atoms with van der Waals surface area (Å²) in [6, 6.07) is 7.02.